The predicted octanol–water partition coefficient (Wildman–Crippen LogP) is 5.81. The van der Waals surface area contributed by atoms with Crippen molar-refractivity contribution in [2.24, 2.45) is 0 Å². The standard InChI is InChI=1S/C23H18N2/c1-2-5-14(6-3-1)21-20-17-9-8-16(13-17)19(20)18-11-10-15-7-4-12-24-22(15)23(18)25-21/h1-7,10-12,16-17H,8-9,13H2. The van der Waals surface area contributed by atoms with Crippen molar-refractivity contribution in [2.45, 2.75) is 31.1 Å². The lowest BCUT2D eigenvalue weighted by Gasteiger charge is -2.21. The normalized spacial score (nSPS) is 21.1. The van der Waals surface area contributed by atoms with Crippen molar-refractivity contribution in [1.29, 1.82) is 0 Å². The Bertz CT molecular complexity index is 1130. The number of hydrogen-bond acceptors (Lipinski definition) is 2. The first-order valence-electron chi connectivity index (χ1n) is 9.17. The quantitative estimate of drug-likeness (QED) is 0.413. The molecule has 0 aliphatic heterocycles. The first-order valence-corrected chi connectivity index (χ1v) is 9.17. The topological polar surface area (TPSA) is 25.8 Å². The molecule has 0 N–H and O–H groups in total. The average molecular weight is 322 g/mol. The second-order valence-electron chi connectivity index (χ2n) is 7.40. The van der Waals surface area contributed by atoms with Gasteiger partial charge in [0.05, 0.1) is 16.7 Å². The zero-order chi connectivity index (χ0) is 16.4. The summed E-state index contributed by atoms with van der Waals surface area (Å²) >= 11 is 0. The minimum atomic E-state index is 0.687. The highest BCUT2D eigenvalue weighted by Crippen LogP contribution is 2.57. The highest BCUT2D eigenvalue weighted by molar-refractivity contribution is 6.05. The fourth-order valence-electron chi connectivity index (χ4n) is 5.08. The molecule has 6 rings (SSSR count). The average Bonchev–Trinajstić information content (AvgIpc) is 3.30. The summed E-state index contributed by atoms with van der Waals surface area (Å²) in [6, 6.07) is 19.3. The van der Waals surface area contributed by atoms with Gasteiger partial charge in [-0.15, -0.1) is 0 Å². The molecule has 2 heteroatoms. The number of benzene rings is 2. The molecular formula is C23H18N2. The first kappa shape index (κ1) is 13.5. The maximum absolute atomic E-state index is 5.20. The third kappa shape index (κ3) is 1.80. The summed E-state index contributed by atoms with van der Waals surface area (Å²) in [6.07, 6.45) is 5.82. The molecule has 2 nitrogen and oxygen atoms in total. The zero-order valence-electron chi connectivity index (χ0n) is 13.9. The summed E-state index contributed by atoms with van der Waals surface area (Å²) < 4.78 is 0. The van der Waals surface area contributed by atoms with Gasteiger partial charge in [0.2, 0.25) is 0 Å². The van der Waals surface area contributed by atoms with Gasteiger partial charge >= 0.3 is 0 Å². The second kappa shape index (κ2) is 4.89. The van der Waals surface area contributed by atoms with Crippen LogP contribution in [0.5, 0.6) is 0 Å². The minimum Gasteiger partial charge on any atom is -0.254 e. The largest absolute Gasteiger partial charge is 0.254 e. The van der Waals surface area contributed by atoms with Crippen molar-refractivity contribution in [3.05, 3.63) is 71.9 Å². The van der Waals surface area contributed by atoms with Gasteiger partial charge in [0.1, 0.15) is 0 Å². The molecule has 1 saturated carbocycles. The van der Waals surface area contributed by atoms with E-state index in [4.69, 9.17) is 4.98 Å². The van der Waals surface area contributed by atoms with Crippen LogP contribution in [0.1, 0.15) is 42.2 Å². The number of nitrogens with zero attached hydrogens (tertiary/aromatic N) is 2. The Labute approximate surface area is 146 Å². The van der Waals surface area contributed by atoms with Gasteiger partial charge < -0.3 is 0 Å². The Hall–Kier alpha value is -2.74. The summed E-state index contributed by atoms with van der Waals surface area (Å²) in [7, 11) is 0. The van der Waals surface area contributed by atoms with E-state index in [2.05, 4.69) is 53.5 Å². The molecule has 2 aromatic heterocycles. The van der Waals surface area contributed by atoms with E-state index in [1.54, 1.807) is 5.56 Å². The van der Waals surface area contributed by atoms with E-state index in [-0.39, 0.29) is 0 Å². The molecule has 1 fully saturated rings. The molecule has 2 atom stereocenters. The maximum atomic E-state index is 5.20. The Kier molecular flexibility index (Phi) is 2.65. The molecule has 0 radical (unpaired) electrons. The summed E-state index contributed by atoms with van der Waals surface area (Å²) in [5.74, 6) is 1.39. The number of rotatable bonds is 1. The van der Waals surface area contributed by atoms with Crippen LogP contribution in [0, 0.1) is 0 Å². The smallest absolute Gasteiger partial charge is 0.0975 e. The van der Waals surface area contributed by atoms with Gasteiger partial charge in [0, 0.05) is 22.5 Å². The van der Waals surface area contributed by atoms with Crippen LogP contribution in [0.15, 0.2) is 60.8 Å². The van der Waals surface area contributed by atoms with Gasteiger partial charge in [-0.2, -0.15) is 0 Å². The van der Waals surface area contributed by atoms with E-state index < -0.39 is 0 Å². The molecule has 120 valence electrons. The molecular weight excluding hydrogens is 304 g/mol. The van der Waals surface area contributed by atoms with Crippen LogP contribution in [0.25, 0.3) is 33.1 Å². The molecule has 2 heterocycles. The molecule has 2 unspecified atom stereocenters. The van der Waals surface area contributed by atoms with Crippen molar-refractivity contribution in [1.82, 2.24) is 9.97 Å². The number of hydrogen-bond donors (Lipinski definition) is 0. The van der Waals surface area contributed by atoms with Crippen LogP contribution in [0.2, 0.25) is 0 Å². The summed E-state index contributed by atoms with van der Waals surface area (Å²) in [5, 5.41) is 2.50. The molecule has 2 aliphatic carbocycles. The Morgan fingerprint density at radius 3 is 2.48 bits per heavy atom. The highest BCUT2D eigenvalue weighted by Gasteiger charge is 2.40. The second-order valence-corrected chi connectivity index (χ2v) is 7.40. The summed E-state index contributed by atoms with van der Waals surface area (Å²) in [5.41, 5.74) is 7.61. The molecule has 2 bridgehead atoms. The van der Waals surface area contributed by atoms with Crippen molar-refractivity contribution < 1.29 is 0 Å². The Balaban J connectivity index is 1.80. The number of pyridine rings is 2. The zero-order valence-corrected chi connectivity index (χ0v) is 13.9. The van der Waals surface area contributed by atoms with E-state index in [9.17, 15) is 0 Å². The highest BCUT2D eigenvalue weighted by atomic mass is 14.8. The minimum absolute atomic E-state index is 0.687. The van der Waals surface area contributed by atoms with Crippen molar-refractivity contribution in [2.75, 3.05) is 0 Å². The summed E-state index contributed by atoms with van der Waals surface area (Å²) in [6.45, 7) is 0. The van der Waals surface area contributed by atoms with E-state index in [1.165, 1.54) is 46.9 Å². The van der Waals surface area contributed by atoms with Crippen LogP contribution in [0.4, 0.5) is 0 Å². The van der Waals surface area contributed by atoms with Crippen molar-refractivity contribution in [3.8, 4) is 11.3 Å². The van der Waals surface area contributed by atoms with Gasteiger partial charge in [0.25, 0.3) is 0 Å². The van der Waals surface area contributed by atoms with Gasteiger partial charge in [-0.1, -0.05) is 48.5 Å². The Morgan fingerprint density at radius 2 is 1.60 bits per heavy atom. The molecule has 0 saturated heterocycles. The first-order chi connectivity index (χ1) is 12.4. The van der Waals surface area contributed by atoms with E-state index in [1.807, 2.05) is 12.3 Å². The van der Waals surface area contributed by atoms with Gasteiger partial charge in [-0.25, -0.2) is 4.98 Å². The van der Waals surface area contributed by atoms with Gasteiger partial charge in [-0.05, 0) is 48.3 Å². The summed E-state index contributed by atoms with van der Waals surface area (Å²) in [4.78, 5) is 9.87. The molecule has 2 aromatic carbocycles. The Morgan fingerprint density at radius 1 is 0.760 bits per heavy atom. The van der Waals surface area contributed by atoms with Crippen LogP contribution >= 0.6 is 0 Å². The third-order valence-corrected chi connectivity index (χ3v) is 6.10. The SMILES string of the molecule is c1ccc(-c2nc3c(ccc4cccnc43)c3c2C2CCC3C2)cc1. The molecule has 2 aliphatic rings. The number of aromatic nitrogens is 2. The lowest BCUT2D eigenvalue weighted by Crippen LogP contribution is -2.04. The van der Waals surface area contributed by atoms with Gasteiger partial charge in [0.15, 0.2) is 0 Å². The van der Waals surface area contributed by atoms with Crippen LogP contribution < -0.4 is 0 Å². The third-order valence-electron chi connectivity index (χ3n) is 6.10. The van der Waals surface area contributed by atoms with Crippen LogP contribution in [-0.4, -0.2) is 9.97 Å². The predicted molar refractivity (Wildman–Crippen MR) is 102 cm³/mol. The lowest BCUT2D eigenvalue weighted by atomic mass is 9.86. The lowest BCUT2D eigenvalue weighted by molar-refractivity contribution is 0.720. The maximum Gasteiger partial charge on any atom is 0.0975 e. The van der Waals surface area contributed by atoms with E-state index in [0.717, 1.165) is 11.0 Å². The van der Waals surface area contributed by atoms with Crippen LogP contribution in [0.3, 0.4) is 0 Å². The molecule has 0 amide bonds. The van der Waals surface area contributed by atoms with Gasteiger partial charge in [-0.3, -0.25) is 4.98 Å². The van der Waals surface area contributed by atoms with E-state index in [0.29, 0.717) is 11.8 Å². The monoisotopic (exact) mass is 322 g/mol. The molecule has 0 spiro atoms. The van der Waals surface area contributed by atoms with Crippen LogP contribution in [-0.2, 0) is 0 Å². The molecule has 4 aromatic rings. The fourth-order valence-corrected chi connectivity index (χ4v) is 5.08. The van der Waals surface area contributed by atoms with E-state index >= 15 is 0 Å². The molecule has 25 heavy (non-hydrogen) atoms. The number of fused-ring (bicyclic) bond motifs is 9. The van der Waals surface area contributed by atoms with Crippen molar-refractivity contribution >= 4 is 21.8 Å². The fraction of sp³-hybridized carbons (Fsp3) is 0.217. The van der Waals surface area contributed by atoms with Crippen molar-refractivity contribution in [3.63, 3.8) is 0 Å².